The maximum atomic E-state index is 13.8. The van der Waals surface area contributed by atoms with E-state index in [-0.39, 0.29) is 0 Å². The fourth-order valence-electron chi connectivity index (χ4n) is 2.40. The standard InChI is InChI=1S/C19H15F2NS/c1-12-3-8-19(22-11-12)16-10-18(21)17(20)9-15(16)13-4-6-14(23-2)7-5-13/h3-11H,1-2H3. The molecule has 1 aromatic heterocycles. The maximum absolute atomic E-state index is 13.8. The quantitative estimate of drug-likeness (QED) is 0.570. The predicted octanol–water partition coefficient (Wildman–Crippen LogP) is 5.72. The van der Waals surface area contributed by atoms with Gasteiger partial charge in [-0.25, -0.2) is 8.78 Å². The second kappa shape index (κ2) is 6.50. The van der Waals surface area contributed by atoms with Gasteiger partial charge in [0.1, 0.15) is 0 Å². The zero-order chi connectivity index (χ0) is 16.4. The molecule has 116 valence electrons. The summed E-state index contributed by atoms with van der Waals surface area (Å²) < 4.78 is 27.5. The summed E-state index contributed by atoms with van der Waals surface area (Å²) in [4.78, 5) is 5.46. The van der Waals surface area contributed by atoms with E-state index in [0.717, 1.165) is 16.0 Å². The second-order valence-corrected chi connectivity index (χ2v) is 6.14. The maximum Gasteiger partial charge on any atom is 0.159 e. The zero-order valence-electron chi connectivity index (χ0n) is 12.8. The smallest absolute Gasteiger partial charge is 0.159 e. The van der Waals surface area contributed by atoms with Crippen LogP contribution in [-0.4, -0.2) is 11.2 Å². The summed E-state index contributed by atoms with van der Waals surface area (Å²) in [6.07, 6.45) is 3.71. The Hall–Kier alpha value is -2.20. The summed E-state index contributed by atoms with van der Waals surface area (Å²) in [6.45, 7) is 1.93. The van der Waals surface area contributed by atoms with Crippen molar-refractivity contribution in [2.45, 2.75) is 11.8 Å². The lowest BCUT2D eigenvalue weighted by molar-refractivity contribution is 0.509. The van der Waals surface area contributed by atoms with Crippen LogP contribution in [0.25, 0.3) is 22.4 Å². The van der Waals surface area contributed by atoms with Crippen LogP contribution >= 0.6 is 11.8 Å². The number of nitrogens with zero attached hydrogens (tertiary/aromatic N) is 1. The van der Waals surface area contributed by atoms with Crippen LogP contribution in [-0.2, 0) is 0 Å². The normalized spacial score (nSPS) is 10.8. The van der Waals surface area contributed by atoms with E-state index in [4.69, 9.17) is 0 Å². The van der Waals surface area contributed by atoms with Gasteiger partial charge in [0.2, 0.25) is 0 Å². The molecule has 1 heterocycles. The van der Waals surface area contributed by atoms with Crippen LogP contribution in [0.5, 0.6) is 0 Å². The van der Waals surface area contributed by atoms with Crippen LogP contribution in [0.4, 0.5) is 8.78 Å². The van der Waals surface area contributed by atoms with E-state index in [1.54, 1.807) is 18.0 Å². The molecule has 0 fully saturated rings. The van der Waals surface area contributed by atoms with Gasteiger partial charge in [-0.15, -0.1) is 11.8 Å². The van der Waals surface area contributed by atoms with Crippen molar-refractivity contribution >= 4 is 11.8 Å². The molecular formula is C19H15F2NS. The third-order valence-electron chi connectivity index (χ3n) is 3.65. The zero-order valence-corrected chi connectivity index (χ0v) is 13.6. The van der Waals surface area contributed by atoms with Gasteiger partial charge in [0.25, 0.3) is 0 Å². The average molecular weight is 327 g/mol. The molecule has 3 aromatic rings. The minimum atomic E-state index is -0.869. The fraction of sp³-hybridized carbons (Fsp3) is 0.105. The first kappa shape index (κ1) is 15.7. The number of aromatic nitrogens is 1. The molecule has 0 saturated carbocycles. The van der Waals surface area contributed by atoms with Crippen LogP contribution < -0.4 is 0 Å². The van der Waals surface area contributed by atoms with Crippen LogP contribution in [0.15, 0.2) is 59.6 Å². The van der Waals surface area contributed by atoms with Gasteiger partial charge in [0.05, 0.1) is 5.69 Å². The summed E-state index contributed by atoms with van der Waals surface area (Å²) in [5.74, 6) is -1.73. The molecule has 0 bridgehead atoms. The summed E-state index contributed by atoms with van der Waals surface area (Å²) in [5.41, 5.74) is 3.69. The van der Waals surface area contributed by atoms with Gasteiger partial charge in [-0.05, 0) is 60.2 Å². The van der Waals surface area contributed by atoms with E-state index in [9.17, 15) is 8.78 Å². The van der Waals surface area contributed by atoms with Gasteiger partial charge in [-0.1, -0.05) is 18.2 Å². The van der Waals surface area contributed by atoms with Crippen LogP contribution in [0.3, 0.4) is 0 Å². The molecule has 1 nitrogen and oxygen atoms in total. The SMILES string of the molecule is CSc1ccc(-c2cc(F)c(F)cc2-c2ccc(C)cn2)cc1. The third kappa shape index (κ3) is 3.27. The Bertz CT molecular complexity index is 827. The van der Waals surface area contributed by atoms with Gasteiger partial charge < -0.3 is 0 Å². The highest BCUT2D eigenvalue weighted by Crippen LogP contribution is 2.33. The van der Waals surface area contributed by atoms with Gasteiger partial charge in [-0.2, -0.15) is 0 Å². The molecule has 0 aliphatic rings. The highest BCUT2D eigenvalue weighted by molar-refractivity contribution is 7.98. The Labute approximate surface area is 138 Å². The Balaban J connectivity index is 2.18. The van der Waals surface area contributed by atoms with Crippen molar-refractivity contribution < 1.29 is 8.78 Å². The Morgan fingerprint density at radius 1 is 0.870 bits per heavy atom. The molecule has 0 amide bonds. The molecule has 0 aliphatic carbocycles. The van der Waals surface area contributed by atoms with Crippen LogP contribution in [0.1, 0.15) is 5.56 Å². The van der Waals surface area contributed by atoms with Crippen molar-refractivity contribution in [3.63, 3.8) is 0 Å². The van der Waals surface area contributed by atoms with E-state index in [0.29, 0.717) is 16.8 Å². The van der Waals surface area contributed by atoms with Crippen molar-refractivity contribution in [1.29, 1.82) is 0 Å². The molecule has 0 aliphatic heterocycles. The number of pyridine rings is 1. The van der Waals surface area contributed by atoms with Gasteiger partial charge in [0.15, 0.2) is 11.6 Å². The van der Waals surface area contributed by atoms with E-state index < -0.39 is 11.6 Å². The first-order chi connectivity index (χ1) is 11.1. The van der Waals surface area contributed by atoms with E-state index >= 15 is 0 Å². The Kier molecular flexibility index (Phi) is 4.44. The minimum absolute atomic E-state index is 0.584. The molecule has 0 atom stereocenters. The number of benzene rings is 2. The lowest BCUT2D eigenvalue weighted by Gasteiger charge is -2.11. The van der Waals surface area contributed by atoms with E-state index in [1.165, 1.54) is 12.1 Å². The minimum Gasteiger partial charge on any atom is -0.256 e. The van der Waals surface area contributed by atoms with Crippen molar-refractivity contribution in [3.8, 4) is 22.4 Å². The van der Waals surface area contributed by atoms with Gasteiger partial charge in [0, 0.05) is 16.7 Å². The molecule has 0 radical (unpaired) electrons. The first-order valence-electron chi connectivity index (χ1n) is 7.15. The first-order valence-corrected chi connectivity index (χ1v) is 8.37. The molecule has 0 spiro atoms. The summed E-state index contributed by atoms with van der Waals surface area (Å²) in [5, 5.41) is 0. The summed E-state index contributed by atoms with van der Waals surface area (Å²) in [7, 11) is 0. The number of rotatable bonds is 3. The number of aryl methyl sites for hydroxylation is 1. The lowest BCUT2D eigenvalue weighted by Crippen LogP contribution is -1.93. The van der Waals surface area contributed by atoms with Crippen LogP contribution in [0, 0.1) is 18.6 Å². The van der Waals surface area contributed by atoms with Crippen molar-refractivity contribution in [1.82, 2.24) is 4.98 Å². The topological polar surface area (TPSA) is 12.9 Å². The fourth-order valence-corrected chi connectivity index (χ4v) is 2.80. The Morgan fingerprint density at radius 2 is 1.52 bits per heavy atom. The lowest BCUT2D eigenvalue weighted by atomic mass is 9.96. The number of halogens is 2. The predicted molar refractivity (Wildman–Crippen MR) is 91.5 cm³/mol. The molecule has 0 unspecified atom stereocenters. The number of hydrogen-bond donors (Lipinski definition) is 0. The van der Waals surface area contributed by atoms with E-state index in [1.807, 2.05) is 49.6 Å². The van der Waals surface area contributed by atoms with Crippen LogP contribution in [0.2, 0.25) is 0 Å². The highest BCUT2D eigenvalue weighted by Gasteiger charge is 2.14. The third-order valence-corrected chi connectivity index (χ3v) is 4.39. The summed E-state index contributed by atoms with van der Waals surface area (Å²) in [6, 6.07) is 13.9. The van der Waals surface area contributed by atoms with Crippen molar-refractivity contribution in [3.05, 3.63) is 71.9 Å². The van der Waals surface area contributed by atoms with E-state index in [2.05, 4.69) is 4.98 Å². The molecule has 23 heavy (non-hydrogen) atoms. The molecular weight excluding hydrogens is 312 g/mol. The molecule has 2 aromatic carbocycles. The average Bonchev–Trinajstić information content (AvgIpc) is 2.58. The van der Waals surface area contributed by atoms with Gasteiger partial charge in [-0.3, -0.25) is 4.98 Å². The summed E-state index contributed by atoms with van der Waals surface area (Å²) >= 11 is 1.63. The highest BCUT2D eigenvalue weighted by atomic mass is 32.2. The molecule has 4 heteroatoms. The van der Waals surface area contributed by atoms with Gasteiger partial charge >= 0.3 is 0 Å². The number of thioether (sulfide) groups is 1. The molecule has 0 saturated heterocycles. The second-order valence-electron chi connectivity index (χ2n) is 5.26. The molecule has 3 rings (SSSR count). The van der Waals surface area contributed by atoms with Crippen molar-refractivity contribution in [2.75, 3.05) is 6.26 Å². The number of hydrogen-bond acceptors (Lipinski definition) is 2. The van der Waals surface area contributed by atoms with Crippen molar-refractivity contribution in [2.24, 2.45) is 0 Å². The largest absolute Gasteiger partial charge is 0.256 e. The monoisotopic (exact) mass is 327 g/mol. The Morgan fingerprint density at radius 3 is 2.09 bits per heavy atom. The molecule has 0 N–H and O–H groups in total.